The molecule has 0 aliphatic carbocycles. The maximum atomic E-state index is 14.0. The van der Waals surface area contributed by atoms with Gasteiger partial charge in [-0.05, 0) is 49.4 Å². The van der Waals surface area contributed by atoms with E-state index in [1.165, 1.54) is 17.0 Å². The molecule has 0 saturated heterocycles. The van der Waals surface area contributed by atoms with E-state index < -0.39 is 11.4 Å². The number of hydrogen-bond acceptors (Lipinski definition) is 6. The SMILES string of the molecule is CCOc1ccc2c(-c3cccc(F)c3)nn(CC(=O)N(C)c3ccc4nc(C)oc4c3)c(=O)c2c1. The van der Waals surface area contributed by atoms with Crippen molar-refractivity contribution in [2.75, 3.05) is 18.6 Å². The van der Waals surface area contributed by atoms with Crippen molar-refractivity contribution in [2.45, 2.75) is 20.4 Å². The molecule has 0 aliphatic heterocycles. The van der Waals surface area contributed by atoms with Crippen molar-refractivity contribution in [1.82, 2.24) is 14.8 Å². The van der Waals surface area contributed by atoms with Crippen LogP contribution < -0.4 is 15.2 Å². The number of anilines is 1. The third-order valence-electron chi connectivity index (χ3n) is 5.87. The molecule has 0 aliphatic rings. The van der Waals surface area contributed by atoms with Crippen LogP contribution in [-0.2, 0) is 11.3 Å². The van der Waals surface area contributed by atoms with E-state index in [1.54, 1.807) is 62.5 Å². The molecular weight excluding hydrogens is 463 g/mol. The van der Waals surface area contributed by atoms with Crippen LogP contribution in [0.3, 0.4) is 0 Å². The standard InChI is InChI=1S/C27H23FN4O4/c1-4-35-20-9-10-21-22(14-20)27(34)32(30-26(21)17-6-5-7-18(28)12-17)15-25(33)31(3)19-8-11-23-24(13-19)36-16(2)29-23/h5-14H,4,15H2,1-3H3. The average Bonchev–Trinajstić information content (AvgIpc) is 3.24. The highest BCUT2D eigenvalue weighted by molar-refractivity contribution is 5.96. The predicted molar refractivity (Wildman–Crippen MR) is 135 cm³/mol. The molecule has 182 valence electrons. The number of ether oxygens (including phenoxy) is 1. The van der Waals surface area contributed by atoms with Gasteiger partial charge in [-0.2, -0.15) is 5.10 Å². The van der Waals surface area contributed by atoms with Gasteiger partial charge in [-0.1, -0.05) is 12.1 Å². The summed E-state index contributed by atoms with van der Waals surface area (Å²) in [7, 11) is 1.61. The Morgan fingerprint density at radius 3 is 2.72 bits per heavy atom. The van der Waals surface area contributed by atoms with Gasteiger partial charge in [0.2, 0.25) is 5.91 Å². The molecular formula is C27H23FN4O4. The van der Waals surface area contributed by atoms with Crippen molar-refractivity contribution in [3.05, 3.63) is 82.7 Å². The summed E-state index contributed by atoms with van der Waals surface area (Å²) in [6.45, 7) is 3.71. The molecule has 0 radical (unpaired) electrons. The Morgan fingerprint density at radius 1 is 1.11 bits per heavy atom. The van der Waals surface area contributed by atoms with Crippen molar-refractivity contribution in [2.24, 2.45) is 0 Å². The normalized spacial score (nSPS) is 11.2. The highest BCUT2D eigenvalue weighted by Gasteiger charge is 2.19. The Kier molecular flexibility index (Phi) is 5.97. The minimum absolute atomic E-state index is 0.320. The number of aryl methyl sites for hydroxylation is 1. The average molecular weight is 487 g/mol. The summed E-state index contributed by atoms with van der Waals surface area (Å²) in [6.07, 6.45) is 0. The fraction of sp³-hybridized carbons (Fsp3) is 0.185. The summed E-state index contributed by atoms with van der Waals surface area (Å²) in [4.78, 5) is 32.3. The van der Waals surface area contributed by atoms with Gasteiger partial charge in [0.15, 0.2) is 11.5 Å². The molecule has 0 atom stereocenters. The Morgan fingerprint density at radius 2 is 1.94 bits per heavy atom. The third-order valence-corrected chi connectivity index (χ3v) is 5.87. The van der Waals surface area contributed by atoms with E-state index in [0.29, 0.717) is 57.1 Å². The second-order valence-electron chi connectivity index (χ2n) is 8.30. The monoisotopic (exact) mass is 486 g/mol. The number of halogens is 1. The lowest BCUT2D eigenvalue weighted by Crippen LogP contribution is -2.35. The van der Waals surface area contributed by atoms with Crippen molar-refractivity contribution in [3.8, 4) is 17.0 Å². The van der Waals surface area contributed by atoms with Crippen molar-refractivity contribution in [3.63, 3.8) is 0 Å². The number of nitrogens with zero attached hydrogens (tertiary/aromatic N) is 4. The molecule has 2 heterocycles. The first-order valence-corrected chi connectivity index (χ1v) is 11.4. The molecule has 0 saturated carbocycles. The fourth-order valence-electron chi connectivity index (χ4n) is 4.09. The van der Waals surface area contributed by atoms with Crippen LogP contribution in [0.15, 0.2) is 69.9 Å². The molecule has 8 nitrogen and oxygen atoms in total. The maximum absolute atomic E-state index is 14.0. The van der Waals surface area contributed by atoms with Gasteiger partial charge in [0.05, 0.1) is 17.7 Å². The molecule has 3 aromatic carbocycles. The number of likely N-dealkylation sites (N-methyl/N-ethyl adjacent to an activating group) is 1. The molecule has 1 amide bonds. The number of fused-ring (bicyclic) bond motifs is 2. The smallest absolute Gasteiger partial charge is 0.275 e. The number of amides is 1. The van der Waals surface area contributed by atoms with Crippen LogP contribution in [0.2, 0.25) is 0 Å². The van der Waals surface area contributed by atoms with Gasteiger partial charge in [0, 0.05) is 36.7 Å². The van der Waals surface area contributed by atoms with Crippen LogP contribution >= 0.6 is 0 Å². The number of rotatable bonds is 6. The van der Waals surface area contributed by atoms with Crippen LogP contribution in [0.25, 0.3) is 33.1 Å². The van der Waals surface area contributed by atoms with Crippen molar-refractivity contribution in [1.29, 1.82) is 0 Å². The molecule has 5 aromatic rings. The molecule has 0 fully saturated rings. The first kappa shape index (κ1) is 23.2. The minimum atomic E-state index is -0.449. The van der Waals surface area contributed by atoms with Gasteiger partial charge in [-0.25, -0.2) is 14.1 Å². The van der Waals surface area contributed by atoms with Crippen LogP contribution in [0, 0.1) is 12.7 Å². The topological polar surface area (TPSA) is 90.5 Å². The summed E-state index contributed by atoms with van der Waals surface area (Å²) in [5.74, 6) is 0.245. The lowest BCUT2D eigenvalue weighted by molar-refractivity contribution is -0.119. The molecule has 0 bridgehead atoms. The maximum Gasteiger partial charge on any atom is 0.275 e. The number of benzene rings is 3. The van der Waals surface area contributed by atoms with Gasteiger partial charge in [-0.3, -0.25) is 9.59 Å². The van der Waals surface area contributed by atoms with Crippen LogP contribution in [0.4, 0.5) is 10.1 Å². The van der Waals surface area contributed by atoms with E-state index in [0.717, 1.165) is 4.68 Å². The molecule has 0 spiro atoms. The second-order valence-corrected chi connectivity index (χ2v) is 8.30. The van der Waals surface area contributed by atoms with Gasteiger partial charge in [0.25, 0.3) is 5.56 Å². The zero-order valence-corrected chi connectivity index (χ0v) is 20.0. The van der Waals surface area contributed by atoms with Crippen molar-refractivity contribution >= 4 is 33.5 Å². The Hall–Kier alpha value is -4.53. The fourth-order valence-corrected chi connectivity index (χ4v) is 4.09. The van der Waals surface area contributed by atoms with E-state index in [1.807, 2.05) is 6.92 Å². The number of aromatic nitrogens is 3. The summed E-state index contributed by atoms with van der Waals surface area (Å²) in [5.41, 5.74) is 2.26. The van der Waals surface area contributed by atoms with Crippen LogP contribution in [-0.4, -0.2) is 34.3 Å². The molecule has 0 unspecified atom stereocenters. The van der Waals surface area contributed by atoms with E-state index in [-0.39, 0.29) is 12.5 Å². The number of oxazole rings is 1. The zero-order valence-electron chi connectivity index (χ0n) is 20.0. The Labute approximate surface area is 205 Å². The van der Waals surface area contributed by atoms with Gasteiger partial charge >= 0.3 is 0 Å². The third kappa shape index (κ3) is 4.31. The molecule has 0 N–H and O–H groups in total. The molecule has 5 rings (SSSR count). The number of carbonyl (C=O) groups excluding carboxylic acids is 1. The lowest BCUT2D eigenvalue weighted by atomic mass is 10.0. The summed E-state index contributed by atoms with van der Waals surface area (Å²) in [5, 5.41) is 5.34. The lowest BCUT2D eigenvalue weighted by Gasteiger charge is -2.18. The van der Waals surface area contributed by atoms with Gasteiger partial charge in [-0.15, -0.1) is 0 Å². The van der Waals surface area contributed by atoms with Gasteiger partial charge in [0.1, 0.15) is 23.6 Å². The summed E-state index contributed by atoms with van der Waals surface area (Å²) in [6, 6.07) is 16.3. The number of carbonyl (C=O) groups is 1. The summed E-state index contributed by atoms with van der Waals surface area (Å²) >= 11 is 0. The molecule has 2 aromatic heterocycles. The second kappa shape index (κ2) is 9.26. The zero-order chi connectivity index (χ0) is 25.4. The Bertz CT molecular complexity index is 1670. The van der Waals surface area contributed by atoms with Crippen molar-refractivity contribution < 1.29 is 18.3 Å². The summed E-state index contributed by atoms with van der Waals surface area (Å²) < 4.78 is 26.3. The first-order chi connectivity index (χ1) is 17.3. The van der Waals surface area contributed by atoms with E-state index >= 15 is 0 Å². The van der Waals surface area contributed by atoms with E-state index in [2.05, 4.69) is 10.1 Å². The highest BCUT2D eigenvalue weighted by atomic mass is 19.1. The van der Waals surface area contributed by atoms with Crippen LogP contribution in [0.5, 0.6) is 5.75 Å². The predicted octanol–water partition coefficient (Wildman–Crippen LogP) is 4.71. The molecule has 9 heteroatoms. The van der Waals surface area contributed by atoms with Gasteiger partial charge < -0.3 is 14.1 Å². The molecule has 36 heavy (non-hydrogen) atoms. The minimum Gasteiger partial charge on any atom is -0.494 e. The largest absolute Gasteiger partial charge is 0.494 e. The van der Waals surface area contributed by atoms with Crippen LogP contribution in [0.1, 0.15) is 12.8 Å². The van der Waals surface area contributed by atoms with E-state index in [9.17, 15) is 14.0 Å². The van der Waals surface area contributed by atoms with E-state index in [4.69, 9.17) is 9.15 Å². The quantitative estimate of drug-likeness (QED) is 0.345. The first-order valence-electron chi connectivity index (χ1n) is 11.4. The number of hydrogen-bond donors (Lipinski definition) is 0. The Balaban J connectivity index is 1.57. The highest BCUT2D eigenvalue weighted by Crippen LogP contribution is 2.28.